The number of amides is 5. The second kappa shape index (κ2) is 26.5. The van der Waals surface area contributed by atoms with E-state index in [1.807, 2.05) is 38.1 Å². The van der Waals surface area contributed by atoms with E-state index < -0.39 is 17.1 Å². The number of primary amides is 2. The zero-order chi connectivity index (χ0) is 54.2. The van der Waals surface area contributed by atoms with Gasteiger partial charge in [0.05, 0.1) is 12.1 Å². The number of carbonyl (C=O) groups excluding carboxylic acids is 6. The zero-order valence-corrected chi connectivity index (χ0v) is 43.1. The van der Waals surface area contributed by atoms with Crippen molar-refractivity contribution in [3.05, 3.63) is 155 Å². The predicted octanol–water partition coefficient (Wildman–Crippen LogP) is 6.92. The SMILES string of the molecule is C/C=C/C(=O)Cl.C/C=C/C(=O)N1CCCC[C@H]1c1nc(-c2ccc(C(=O)Nc3cc(CC)ccn3)cc2)c(C(N)=O)n1N.CCc1ccnc(NC(=O)c2ccc(-c3nc([C@@H]4CCCCN4)n(N)c3C(N)=O)cc2)c1. The number of allylic oxidation sites excluding steroid dienone is 3. The zero-order valence-electron chi connectivity index (χ0n) is 42.4. The molecule has 6 aromatic rings. The predicted molar refractivity (Wildman–Crippen MR) is 289 cm³/mol. The minimum atomic E-state index is -0.734. The molecule has 2 aliphatic heterocycles. The Bertz CT molecular complexity index is 3070. The Labute approximate surface area is 440 Å². The van der Waals surface area contributed by atoms with E-state index in [0.717, 1.165) is 62.6 Å². The van der Waals surface area contributed by atoms with E-state index in [1.165, 1.54) is 21.5 Å². The number of piperidine rings is 2. The van der Waals surface area contributed by atoms with E-state index in [1.54, 1.807) is 91.8 Å². The molecule has 2 saturated heterocycles. The molecule has 0 bridgehead atoms. The molecule has 2 atom stereocenters. The van der Waals surface area contributed by atoms with Crippen LogP contribution >= 0.6 is 11.6 Å². The second-order valence-corrected chi connectivity index (χ2v) is 17.9. The van der Waals surface area contributed by atoms with Gasteiger partial charge in [-0.3, -0.25) is 28.8 Å². The smallest absolute Gasteiger partial charge is 0.269 e. The van der Waals surface area contributed by atoms with Crippen LogP contribution in [0.25, 0.3) is 22.5 Å². The second-order valence-electron chi connectivity index (χ2n) is 17.5. The number of rotatable bonds is 14. The molecule has 4 aromatic heterocycles. The Morgan fingerprint density at radius 1 is 0.667 bits per heavy atom. The van der Waals surface area contributed by atoms with Gasteiger partial charge >= 0.3 is 0 Å². The first-order valence-corrected chi connectivity index (χ1v) is 25.0. The van der Waals surface area contributed by atoms with Crippen molar-refractivity contribution >= 4 is 58.0 Å². The highest BCUT2D eigenvalue weighted by atomic mass is 35.5. The highest BCUT2D eigenvalue weighted by Gasteiger charge is 2.34. The number of nitrogen functional groups attached to an aromatic ring is 2. The molecule has 2 fully saturated rings. The van der Waals surface area contributed by atoms with Gasteiger partial charge < -0.3 is 44.0 Å². The number of imidazole rings is 2. The molecular formula is C54H63ClN14O6. The van der Waals surface area contributed by atoms with Crippen LogP contribution in [0.3, 0.4) is 0 Å². The van der Waals surface area contributed by atoms with Crippen molar-refractivity contribution in [3.63, 3.8) is 0 Å². The summed E-state index contributed by atoms with van der Waals surface area (Å²) in [5.41, 5.74) is 16.4. The number of nitrogens with zero attached hydrogens (tertiary/aromatic N) is 7. The van der Waals surface area contributed by atoms with Gasteiger partial charge in [-0.25, -0.2) is 29.3 Å². The van der Waals surface area contributed by atoms with Gasteiger partial charge in [0.1, 0.15) is 28.8 Å². The molecule has 11 N–H and O–H groups in total. The quantitative estimate of drug-likeness (QED) is 0.0332. The highest BCUT2D eigenvalue weighted by molar-refractivity contribution is 6.66. The van der Waals surface area contributed by atoms with Crippen LogP contribution < -0.4 is 39.1 Å². The molecule has 8 rings (SSSR count). The van der Waals surface area contributed by atoms with Crippen molar-refractivity contribution in [1.82, 2.24) is 39.5 Å². The van der Waals surface area contributed by atoms with Gasteiger partial charge in [-0.2, -0.15) is 0 Å². The number of aryl methyl sites for hydroxylation is 2. The average molecular weight is 1040 g/mol. The van der Waals surface area contributed by atoms with Crippen LogP contribution in [-0.2, 0) is 22.4 Å². The molecule has 0 unspecified atom stereocenters. The maximum atomic E-state index is 12.7. The summed E-state index contributed by atoms with van der Waals surface area (Å²) in [6.07, 6.45) is 16.6. The van der Waals surface area contributed by atoms with Crippen LogP contribution in [0.4, 0.5) is 11.6 Å². The van der Waals surface area contributed by atoms with Crippen molar-refractivity contribution in [2.75, 3.05) is 35.4 Å². The van der Waals surface area contributed by atoms with Gasteiger partial charge in [0.15, 0.2) is 17.2 Å². The first-order valence-electron chi connectivity index (χ1n) is 24.7. The Morgan fingerprint density at radius 3 is 1.57 bits per heavy atom. The normalized spacial score (nSPS) is 15.3. The molecule has 2 aromatic carbocycles. The van der Waals surface area contributed by atoms with Crippen LogP contribution in [0.1, 0.15) is 143 Å². The van der Waals surface area contributed by atoms with E-state index in [4.69, 9.17) is 34.8 Å². The molecule has 0 aliphatic carbocycles. The monoisotopic (exact) mass is 1040 g/mol. The Kier molecular flexibility index (Phi) is 19.7. The van der Waals surface area contributed by atoms with E-state index >= 15 is 0 Å². The topological polar surface area (TPSA) is 307 Å². The maximum absolute atomic E-state index is 12.7. The lowest BCUT2D eigenvalue weighted by Gasteiger charge is -2.34. The highest BCUT2D eigenvalue weighted by Crippen LogP contribution is 2.34. The van der Waals surface area contributed by atoms with Crippen molar-refractivity contribution in [2.45, 2.75) is 91.1 Å². The number of aromatic nitrogens is 6. The molecule has 5 amide bonds. The molecule has 392 valence electrons. The van der Waals surface area contributed by atoms with Gasteiger partial charge in [0.2, 0.25) is 11.1 Å². The number of nitrogens with two attached hydrogens (primary N) is 4. The summed E-state index contributed by atoms with van der Waals surface area (Å²) < 4.78 is 2.48. The minimum Gasteiger partial charge on any atom is -0.364 e. The van der Waals surface area contributed by atoms with E-state index in [0.29, 0.717) is 69.9 Å². The number of hydrogen-bond donors (Lipinski definition) is 7. The van der Waals surface area contributed by atoms with Gasteiger partial charge in [-0.15, -0.1) is 0 Å². The third-order valence-electron chi connectivity index (χ3n) is 12.4. The first kappa shape index (κ1) is 55.8. The van der Waals surface area contributed by atoms with Crippen molar-refractivity contribution in [3.8, 4) is 22.5 Å². The van der Waals surface area contributed by atoms with Gasteiger partial charge in [-0.1, -0.05) is 56.7 Å². The molecular weight excluding hydrogens is 976 g/mol. The molecule has 2 aliphatic rings. The Morgan fingerprint density at radius 2 is 1.15 bits per heavy atom. The van der Waals surface area contributed by atoms with Crippen LogP contribution in [0.5, 0.6) is 0 Å². The number of hydrogen-bond acceptors (Lipinski definition) is 13. The summed E-state index contributed by atoms with van der Waals surface area (Å²) in [4.78, 5) is 91.7. The lowest BCUT2D eigenvalue weighted by Crippen LogP contribution is -2.39. The summed E-state index contributed by atoms with van der Waals surface area (Å²) in [7, 11) is 0. The fourth-order valence-electron chi connectivity index (χ4n) is 8.62. The molecule has 20 nitrogen and oxygen atoms in total. The van der Waals surface area contributed by atoms with E-state index in [2.05, 4.69) is 35.9 Å². The number of nitrogens with one attached hydrogen (secondary N) is 3. The molecule has 6 heterocycles. The third kappa shape index (κ3) is 14.2. The average Bonchev–Trinajstić information content (AvgIpc) is 3.96. The number of benzene rings is 2. The van der Waals surface area contributed by atoms with Gasteiger partial charge in [0.25, 0.3) is 23.6 Å². The summed E-state index contributed by atoms with van der Waals surface area (Å²) >= 11 is 4.85. The molecule has 21 heteroatoms. The Balaban J connectivity index is 0.000000222. The van der Waals surface area contributed by atoms with Crippen LogP contribution in [0, 0.1) is 0 Å². The lowest BCUT2D eigenvalue weighted by molar-refractivity contribution is -0.130. The fourth-order valence-corrected chi connectivity index (χ4v) is 8.75. The van der Waals surface area contributed by atoms with Gasteiger partial charge in [0, 0.05) is 41.2 Å². The molecule has 0 saturated carbocycles. The number of likely N-dealkylation sites (tertiary alicyclic amines) is 1. The third-order valence-corrected chi connectivity index (χ3v) is 12.6. The minimum absolute atomic E-state index is 0.0305. The summed E-state index contributed by atoms with van der Waals surface area (Å²) in [5.74, 6) is 12.4. The standard InChI is InChI=1S/C27H31N7O3.C23H27N7O2.C4H5ClO/c1-3-7-22(35)33-15-6-5-8-20(33)26-32-23(24(25(28)36)34(26)29)18-9-11-19(12-10-18)27(37)31-21-16-17(4-2)13-14-30-21;1-2-14-10-12-27-18(13-14)28-23(32)16-8-6-15(7-9-16)19-20(21(24)31)30(25)22(29-19)17-5-3-4-11-26-17;1-2-3-4(5)6/h3,7,9-14,16,20H,4-6,8,15,29H2,1-2H3,(H2,28,36)(H,30,31,37);6-10,12-13,17,26H,2-5,11,25H2,1H3,(H2,24,31)(H,27,28,32);2-3H,1H3/b7-3+;;3-2+/t20-;17-;/m00./s1. The van der Waals surface area contributed by atoms with Crippen LogP contribution in [0.15, 0.2) is 109 Å². The van der Waals surface area contributed by atoms with E-state index in [9.17, 15) is 28.8 Å². The van der Waals surface area contributed by atoms with Crippen LogP contribution in [-0.4, -0.2) is 82.1 Å². The molecule has 0 radical (unpaired) electrons. The lowest BCUT2D eigenvalue weighted by atomic mass is 10.0. The first-order chi connectivity index (χ1) is 36.1. The molecule has 75 heavy (non-hydrogen) atoms. The van der Waals surface area contributed by atoms with Gasteiger partial charge in [-0.05, 0) is 149 Å². The maximum Gasteiger partial charge on any atom is 0.269 e. The largest absolute Gasteiger partial charge is 0.364 e. The summed E-state index contributed by atoms with van der Waals surface area (Å²) in [6, 6.07) is 20.5. The van der Waals surface area contributed by atoms with E-state index in [-0.39, 0.29) is 41.2 Å². The van der Waals surface area contributed by atoms with Crippen molar-refractivity contribution < 1.29 is 28.8 Å². The fraction of sp³-hybridized carbons (Fsp3) is 0.296. The summed E-state index contributed by atoms with van der Waals surface area (Å²) in [6.45, 7) is 9.03. The number of pyridine rings is 2. The van der Waals surface area contributed by atoms with Crippen molar-refractivity contribution in [2.24, 2.45) is 11.5 Å². The number of anilines is 2. The number of carbonyl (C=O) groups is 6. The van der Waals surface area contributed by atoms with Crippen molar-refractivity contribution in [1.29, 1.82) is 0 Å². The summed E-state index contributed by atoms with van der Waals surface area (Å²) in [5, 5.41) is 8.57. The molecule has 0 spiro atoms. The number of halogens is 1. The van der Waals surface area contributed by atoms with Crippen LogP contribution in [0.2, 0.25) is 0 Å². The Hall–Kier alpha value is -8.49.